The molecule has 0 radical (unpaired) electrons. The first-order valence-electron chi connectivity index (χ1n) is 4.63. The molecule has 0 atom stereocenters. The van der Waals surface area contributed by atoms with Gasteiger partial charge in [0.15, 0.2) is 0 Å². The third kappa shape index (κ3) is 3.43. The van der Waals surface area contributed by atoms with Crippen molar-refractivity contribution in [1.29, 1.82) is 0 Å². The summed E-state index contributed by atoms with van der Waals surface area (Å²) < 4.78 is 0. The fourth-order valence-electron chi connectivity index (χ4n) is 1.10. The van der Waals surface area contributed by atoms with E-state index in [1.54, 1.807) is 6.20 Å². The van der Waals surface area contributed by atoms with Crippen LogP contribution in [0.25, 0.3) is 0 Å². The lowest BCUT2D eigenvalue weighted by Gasteiger charge is -2.05. The number of rotatable bonds is 5. The maximum atomic E-state index is 10.3. The molecule has 4 nitrogen and oxygen atoms in total. The number of pyridine rings is 1. The van der Waals surface area contributed by atoms with Gasteiger partial charge in [-0.1, -0.05) is 6.92 Å². The molecule has 1 aromatic rings. The van der Waals surface area contributed by atoms with Crippen LogP contribution in [0.3, 0.4) is 0 Å². The minimum Gasteiger partial charge on any atom is -0.481 e. The summed E-state index contributed by atoms with van der Waals surface area (Å²) in [7, 11) is 0. The number of anilines is 1. The molecule has 2 N–H and O–H groups in total. The molecule has 0 saturated heterocycles. The van der Waals surface area contributed by atoms with E-state index in [0.29, 0.717) is 6.54 Å². The maximum absolute atomic E-state index is 10.3. The smallest absolute Gasteiger partial charge is 0.305 e. The molecule has 1 aromatic heterocycles. The molecule has 0 amide bonds. The van der Waals surface area contributed by atoms with Crippen molar-refractivity contribution in [3.8, 4) is 0 Å². The molecule has 1 rings (SSSR count). The molecule has 0 aliphatic rings. The molecule has 0 saturated carbocycles. The summed E-state index contributed by atoms with van der Waals surface area (Å²) in [5.74, 6) is -0.790. The van der Waals surface area contributed by atoms with E-state index < -0.39 is 5.97 Å². The van der Waals surface area contributed by atoms with Crippen LogP contribution in [0, 0.1) is 0 Å². The highest BCUT2D eigenvalue weighted by atomic mass is 16.4. The van der Waals surface area contributed by atoms with Gasteiger partial charge in [0.25, 0.3) is 0 Å². The van der Waals surface area contributed by atoms with E-state index in [0.717, 1.165) is 17.8 Å². The standard InChI is InChI=1S/C10H14N2O2/c1-2-8-7-9(3-5-11-8)12-6-4-10(13)14/h3,5,7H,2,4,6H2,1H3,(H,11,12)(H,13,14). The number of carbonyl (C=O) groups is 1. The first kappa shape index (κ1) is 10.5. The normalized spacial score (nSPS) is 9.79. The Kier molecular flexibility index (Phi) is 3.91. The number of nitrogens with zero attached hydrogens (tertiary/aromatic N) is 1. The molecule has 0 aliphatic carbocycles. The zero-order valence-corrected chi connectivity index (χ0v) is 8.16. The summed E-state index contributed by atoms with van der Waals surface area (Å²) in [5, 5.41) is 11.5. The average molecular weight is 194 g/mol. The number of aromatic nitrogens is 1. The van der Waals surface area contributed by atoms with E-state index in [1.165, 1.54) is 0 Å². The average Bonchev–Trinajstić information content (AvgIpc) is 2.18. The van der Waals surface area contributed by atoms with Crippen LogP contribution in [-0.2, 0) is 11.2 Å². The van der Waals surface area contributed by atoms with Crippen molar-refractivity contribution in [3.63, 3.8) is 0 Å². The predicted octanol–water partition coefficient (Wildman–Crippen LogP) is 1.53. The highest BCUT2D eigenvalue weighted by molar-refractivity contribution is 5.67. The Morgan fingerprint density at radius 1 is 1.64 bits per heavy atom. The van der Waals surface area contributed by atoms with Crippen molar-refractivity contribution >= 4 is 11.7 Å². The van der Waals surface area contributed by atoms with Gasteiger partial charge >= 0.3 is 5.97 Å². The van der Waals surface area contributed by atoms with E-state index in [-0.39, 0.29) is 6.42 Å². The van der Waals surface area contributed by atoms with Crippen LogP contribution in [0.5, 0.6) is 0 Å². The Hall–Kier alpha value is -1.58. The fourth-order valence-corrected chi connectivity index (χ4v) is 1.10. The molecule has 0 fully saturated rings. The van der Waals surface area contributed by atoms with E-state index >= 15 is 0 Å². The summed E-state index contributed by atoms with van der Waals surface area (Å²) in [6.07, 6.45) is 2.74. The van der Waals surface area contributed by atoms with Crippen molar-refractivity contribution in [2.24, 2.45) is 0 Å². The molecule has 0 unspecified atom stereocenters. The first-order chi connectivity index (χ1) is 6.72. The lowest BCUT2D eigenvalue weighted by Crippen LogP contribution is -2.07. The minimum absolute atomic E-state index is 0.129. The molecular formula is C10H14N2O2. The van der Waals surface area contributed by atoms with Crippen molar-refractivity contribution in [3.05, 3.63) is 24.0 Å². The summed E-state index contributed by atoms with van der Waals surface area (Å²) in [4.78, 5) is 14.4. The van der Waals surface area contributed by atoms with Gasteiger partial charge in [0.2, 0.25) is 0 Å². The van der Waals surface area contributed by atoms with Crippen LogP contribution in [0.4, 0.5) is 5.69 Å². The van der Waals surface area contributed by atoms with Gasteiger partial charge < -0.3 is 10.4 Å². The maximum Gasteiger partial charge on any atom is 0.305 e. The number of hydrogen-bond donors (Lipinski definition) is 2. The van der Waals surface area contributed by atoms with Gasteiger partial charge in [0, 0.05) is 24.1 Å². The van der Waals surface area contributed by atoms with E-state index in [1.807, 2.05) is 19.1 Å². The van der Waals surface area contributed by atoms with Crippen LogP contribution >= 0.6 is 0 Å². The van der Waals surface area contributed by atoms with Gasteiger partial charge in [0.1, 0.15) is 0 Å². The molecule has 4 heteroatoms. The second-order valence-corrected chi connectivity index (χ2v) is 2.96. The van der Waals surface area contributed by atoms with E-state index in [9.17, 15) is 4.79 Å². The largest absolute Gasteiger partial charge is 0.481 e. The highest BCUT2D eigenvalue weighted by Crippen LogP contribution is 2.07. The second kappa shape index (κ2) is 5.21. The Bertz CT molecular complexity index is 313. The second-order valence-electron chi connectivity index (χ2n) is 2.96. The Balaban J connectivity index is 2.46. The zero-order chi connectivity index (χ0) is 10.4. The van der Waals surface area contributed by atoms with Gasteiger partial charge in [-0.05, 0) is 18.6 Å². The summed E-state index contributed by atoms with van der Waals surface area (Å²) in [6.45, 7) is 2.48. The SMILES string of the molecule is CCc1cc(NCCC(=O)O)ccn1. The van der Waals surface area contributed by atoms with Crippen LogP contribution in [0.1, 0.15) is 19.0 Å². The molecular weight excluding hydrogens is 180 g/mol. The Morgan fingerprint density at radius 3 is 3.07 bits per heavy atom. The summed E-state index contributed by atoms with van der Waals surface area (Å²) >= 11 is 0. The zero-order valence-electron chi connectivity index (χ0n) is 8.16. The first-order valence-corrected chi connectivity index (χ1v) is 4.63. The van der Waals surface area contributed by atoms with Crippen LogP contribution in [0.2, 0.25) is 0 Å². The Morgan fingerprint density at radius 2 is 2.43 bits per heavy atom. The third-order valence-electron chi connectivity index (χ3n) is 1.85. The van der Waals surface area contributed by atoms with Crippen molar-refractivity contribution < 1.29 is 9.90 Å². The topological polar surface area (TPSA) is 62.2 Å². The predicted molar refractivity (Wildman–Crippen MR) is 54.4 cm³/mol. The summed E-state index contributed by atoms with van der Waals surface area (Å²) in [6, 6.07) is 3.77. The Labute approximate surface area is 83.0 Å². The molecule has 0 spiro atoms. The van der Waals surface area contributed by atoms with Crippen molar-refractivity contribution in [1.82, 2.24) is 4.98 Å². The molecule has 14 heavy (non-hydrogen) atoms. The monoisotopic (exact) mass is 194 g/mol. The molecule has 1 heterocycles. The number of nitrogens with one attached hydrogen (secondary N) is 1. The fraction of sp³-hybridized carbons (Fsp3) is 0.400. The summed E-state index contributed by atoms with van der Waals surface area (Å²) in [5.41, 5.74) is 1.93. The van der Waals surface area contributed by atoms with Gasteiger partial charge in [-0.15, -0.1) is 0 Å². The lowest BCUT2D eigenvalue weighted by molar-refractivity contribution is -0.136. The third-order valence-corrected chi connectivity index (χ3v) is 1.85. The number of carboxylic acids is 1. The van der Waals surface area contributed by atoms with Gasteiger partial charge in [-0.3, -0.25) is 9.78 Å². The number of hydrogen-bond acceptors (Lipinski definition) is 3. The molecule has 76 valence electrons. The van der Waals surface area contributed by atoms with E-state index in [4.69, 9.17) is 5.11 Å². The van der Waals surface area contributed by atoms with Crippen LogP contribution < -0.4 is 5.32 Å². The van der Waals surface area contributed by atoms with Gasteiger partial charge in [-0.2, -0.15) is 0 Å². The van der Waals surface area contributed by atoms with Gasteiger partial charge in [0.05, 0.1) is 6.42 Å². The highest BCUT2D eigenvalue weighted by Gasteiger charge is 1.97. The quantitative estimate of drug-likeness (QED) is 0.746. The van der Waals surface area contributed by atoms with Crippen LogP contribution in [0.15, 0.2) is 18.3 Å². The lowest BCUT2D eigenvalue weighted by atomic mass is 10.2. The molecule has 0 aliphatic heterocycles. The number of carboxylic acid groups (broad SMARTS) is 1. The van der Waals surface area contributed by atoms with E-state index in [2.05, 4.69) is 10.3 Å². The number of aliphatic carboxylic acids is 1. The number of aryl methyl sites for hydroxylation is 1. The van der Waals surface area contributed by atoms with Crippen molar-refractivity contribution in [2.45, 2.75) is 19.8 Å². The van der Waals surface area contributed by atoms with Crippen molar-refractivity contribution in [2.75, 3.05) is 11.9 Å². The van der Waals surface area contributed by atoms with Gasteiger partial charge in [-0.25, -0.2) is 0 Å². The molecule has 0 aromatic carbocycles. The molecule has 0 bridgehead atoms. The van der Waals surface area contributed by atoms with Crippen LogP contribution in [-0.4, -0.2) is 22.6 Å². The minimum atomic E-state index is -0.790.